The molecule has 0 aliphatic carbocycles. The van der Waals surface area contributed by atoms with Crippen molar-refractivity contribution in [1.29, 1.82) is 0 Å². The Morgan fingerprint density at radius 1 is 1.17 bits per heavy atom. The number of esters is 1. The first-order chi connectivity index (χ1) is 8.63. The largest absolute Gasteiger partial charge is 0.540 e. The van der Waals surface area contributed by atoms with E-state index in [0.717, 1.165) is 6.08 Å². The van der Waals surface area contributed by atoms with Crippen LogP contribution in [0.15, 0.2) is 36.9 Å². The van der Waals surface area contributed by atoms with Crippen molar-refractivity contribution in [1.82, 2.24) is 0 Å². The maximum atomic E-state index is 11.3. The third-order valence-corrected chi connectivity index (χ3v) is 5.09. The second-order valence-electron chi connectivity index (χ2n) is 3.29. The van der Waals surface area contributed by atoms with Gasteiger partial charge >= 0.3 is 14.8 Å². The van der Waals surface area contributed by atoms with Crippen LogP contribution in [0.5, 0.6) is 5.75 Å². The molecular weight excluding hydrogens is 252 g/mol. The Morgan fingerprint density at radius 3 is 2.22 bits per heavy atom. The van der Waals surface area contributed by atoms with Crippen molar-refractivity contribution < 1.29 is 22.8 Å². The van der Waals surface area contributed by atoms with Gasteiger partial charge in [-0.2, -0.15) is 0 Å². The summed E-state index contributed by atoms with van der Waals surface area (Å²) in [5, 5.41) is 0.590. The maximum absolute atomic E-state index is 11.3. The van der Waals surface area contributed by atoms with Gasteiger partial charge in [-0.15, -0.1) is 0 Å². The standard InChI is InChI=1S/C12H16O5Si/c1-5-12(13)17-10-8-6-7-9-11(10)18(14-2,15-3)16-4/h5-9H,1H2,2-4H3. The van der Waals surface area contributed by atoms with E-state index in [1.54, 1.807) is 24.3 Å². The highest BCUT2D eigenvalue weighted by Crippen LogP contribution is 2.16. The summed E-state index contributed by atoms with van der Waals surface area (Å²) >= 11 is 0. The van der Waals surface area contributed by atoms with Crippen LogP contribution in [0.3, 0.4) is 0 Å². The molecule has 0 atom stereocenters. The molecule has 1 aromatic carbocycles. The third-order valence-electron chi connectivity index (χ3n) is 2.40. The molecule has 0 bridgehead atoms. The van der Waals surface area contributed by atoms with E-state index in [-0.39, 0.29) is 0 Å². The first-order valence-electron chi connectivity index (χ1n) is 5.22. The zero-order valence-corrected chi connectivity index (χ0v) is 11.6. The van der Waals surface area contributed by atoms with E-state index in [1.807, 2.05) is 0 Å². The van der Waals surface area contributed by atoms with Crippen LogP contribution >= 0.6 is 0 Å². The Kier molecular flexibility index (Phi) is 5.23. The van der Waals surface area contributed by atoms with Crippen molar-refractivity contribution in [2.75, 3.05) is 21.3 Å². The average molecular weight is 268 g/mol. The SMILES string of the molecule is C=CC(=O)Oc1ccccc1[Si](OC)(OC)OC. The van der Waals surface area contributed by atoms with Crippen LogP contribution in [0.25, 0.3) is 0 Å². The van der Waals surface area contributed by atoms with Crippen molar-refractivity contribution in [3.8, 4) is 5.75 Å². The molecule has 0 N–H and O–H groups in total. The monoisotopic (exact) mass is 268 g/mol. The second-order valence-corrected chi connectivity index (χ2v) is 6.17. The molecule has 0 heterocycles. The van der Waals surface area contributed by atoms with Crippen LogP contribution < -0.4 is 9.92 Å². The molecule has 0 aliphatic rings. The summed E-state index contributed by atoms with van der Waals surface area (Å²) < 4.78 is 21.2. The summed E-state index contributed by atoms with van der Waals surface area (Å²) in [7, 11) is 1.45. The van der Waals surface area contributed by atoms with Crippen LogP contribution in [0.2, 0.25) is 0 Å². The highest BCUT2D eigenvalue weighted by atomic mass is 28.4. The van der Waals surface area contributed by atoms with E-state index in [2.05, 4.69) is 6.58 Å². The molecule has 0 aromatic heterocycles. The van der Waals surface area contributed by atoms with Gasteiger partial charge in [0.2, 0.25) is 0 Å². The Labute approximate surface area is 107 Å². The van der Waals surface area contributed by atoms with Crippen LogP contribution in [-0.4, -0.2) is 36.1 Å². The highest BCUT2D eigenvalue weighted by molar-refractivity contribution is 6.76. The molecule has 98 valence electrons. The number of benzene rings is 1. The first-order valence-corrected chi connectivity index (χ1v) is 6.95. The fourth-order valence-electron chi connectivity index (χ4n) is 1.54. The smallest absolute Gasteiger partial charge is 0.423 e. The summed E-state index contributed by atoms with van der Waals surface area (Å²) in [5.41, 5.74) is 0. The quantitative estimate of drug-likeness (QED) is 0.331. The van der Waals surface area contributed by atoms with E-state index in [9.17, 15) is 4.79 Å². The molecule has 0 radical (unpaired) electrons. The number of para-hydroxylation sites is 1. The zero-order chi connectivity index (χ0) is 13.6. The van der Waals surface area contributed by atoms with Gasteiger partial charge in [-0.1, -0.05) is 24.8 Å². The lowest BCUT2D eigenvalue weighted by atomic mass is 10.3. The van der Waals surface area contributed by atoms with E-state index in [1.165, 1.54) is 21.3 Å². The summed E-state index contributed by atoms with van der Waals surface area (Å²) in [4.78, 5) is 11.3. The Morgan fingerprint density at radius 2 is 1.72 bits per heavy atom. The van der Waals surface area contributed by atoms with Gasteiger partial charge in [0.05, 0.1) is 5.19 Å². The molecule has 18 heavy (non-hydrogen) atoms. The van der Waals surface area contributed by atoms with Crippen molar-refractivity contribution in [3.63, 3.8) is 0 Å². The first kappa shape index (κ1) is 14.6. The molecule has 0 amide bonds. The molecule has 1 rings (SSSR count). The minimum absolute atomic E-state index is 0.347. The lowest BCUT2D eigenvalue weighted by molar-refractivity contribution is -0.128. The van der Waals surface area contributed by atoms with Crippen molar-refractivity contribution in [2.45, 2.75) is 0 Å². The lowest BCUT2D eigenvalue weighted by Crippen LogP contribution is -2.55. The van der Waals surface area contributed by atoms with Gasteiger partial charge in [0.15, 0.2) is 0 Å². The predicted molar refractivity (Wildman–Crippen MR) is 68.7 cm³/mol. The van der Waals surface area contributed by atoms with E-state index in [0.29, 0.717) is 10.9 Å². The average Bonchev–Trinajstić information content (AvgIpc) is 2.43. The van der Waals surface area contributed by atoms with Crippen LogP contribution in [-0.2, 0) is 18.1 Å². The lowest BCUT2D eigenvalue weighted by Gasteiger charge is -2.25. The molecule has 0 unspecified atom stereocenters. The molecule has 6 heteroatoms. The van der Waals surface area contributed by atoms with Gasteiger partial charge < -0.3 is 18.0 Å². The predicted octanol–water partition coefficient (Wildman–Crippen LogP) is 0.863. The number of rotatable bonds is 6. The van der Waals surface area contributed by atoms with Gasteiger partial charge in [-0.25, -0.2) is 4.79 Å². The van der Waals surface area contributed by atoms with Crippen molar-refractivity contribution in [3.05, 3.63) is 36.9 Å². The number of carbonyl (C=O) groups is 1. The van der Waals surface area contributed by atoms with Gasteiger partial charge in [0.25, 0.3) is 0 Å². The number of ether oxygens (including phenoxy) is 1. The fourth-order valence-corrected chi connectivity index (χ4v) is 3.43. The molecule has 0 fully saturated rings. The Balaban J connectivity index is 3.22. The summed E-state index contributed by atoms with van der Waals surface area (Å²) in [5.74, 6) is -0.201. The maximum Gasteiger partial charge on any atom is 0.540 e. The van der Waals surface area contributed by atoms with E-state index in [4.69, 9.17) is 18.0 Å². The third kappa shape index (κ3) is 2.85. The topological polar surface area (TPSA) is 54.0 Å². The fraction of sp³-hybridized carbons (Fsp3) is 0.250. The highest BCUT2D eigenvalue weighted by Gasteiger charge is 2.43. The summed E-state index contributed by atoms with van der Waals surface area (Å²) in [6.45, 7) is 3.35. The van der Waals surface area contributed by atoms with Crippen molar-refractivity contribution in [2.24, 2.45) is 0 Å². The van der Waals surface area contributed by atoms with E-state index < -0.39 is 14.8 Å². The van der Waals surface area contributed by atoms with Gasteiger partial charge in [0, 0.05) is 27.4 Å². The zero-order valence-electron chi connectivity index (χ0n) is 10.6. The number of hydrogen-bond acceptors (Lipinski definition) is 5. The van der Waals surface area contributed by atoms with Crippen LogP contribution in [0, 0.1) is 0 Å². The number of hydrogen-bond donors (Lipinski definition) is 0. The van der Waals surface area contributed by atoms with Gasteiger partial charge in [-0.05, 0) is 6.07 Å². The van der Waals surface area contributed by atoms with Gasteiger partial charge in [0.1, 0.15) is 5.75 Å². The van der Waals surface area contributed by atoms with Crippen LogP contribution in [0.1, 0.15) is 0 Å². The van der Waals surface area contributed by atoms with Gasteiger partial charge in [-0.3, -0.25) is 0 Å². The molecule has 0 aliphatic heterocycles. The van der Waals surface area contributed by atoms with E-state index >= 15 is 0 Å². The van der Waals surface area contributed by atoms with Crippen LogP contribution in [0.4, 0.5) is 0 Å². The molecule has 5 nitrogen and oxygen atoms in total. The second kappa shape index (κ2) is 6.46. The molecule has 0 spiro atoms. The molecule has 0 saturated heterocycles. The number of carbonyl (C=O) groups excluding carboxylic acids is 1. The minimum Gasteiger partial charge on any atom is -0.423 e. The minimum atomic E-state index is -3.03. The molecule has 0 saturated carbocycles. The Bertz CT molecular complexity index is 420. The summed E-state index contributed by atoms with van der Waals surface area (Å²) in [6.07, 6.45) is 1.09. The van der Waals surface area contributed by atoms with Crippen molar-refractivity contribution >= 4 is 20.0 Å². The summed E-state index contributed by atoms with van der Waals surface area (Å²) in [6, 6.07) is 6.93. The Hall–Kier alpha value is -1.47. The normalized spacial score (nSPS) is 11.1. The molecular formula is C12H16O5Si. The molecule has 1 aromatic rings.